The number of benzene rings is 1. The first-order chi connectivity index (χ1) is 9.97. The molecule has 0 unspecified atom stereocenters. The van der Waals surface area contributed by atoms with E-state index in [-0.39, 0.29) is 12.2 Å². The van der Waals surface area contributed by atoms with Crippen molar-refractivity contribution in [3.05, 3.63) is 24.0 Å². The van der Waals surface area contributed by atoms with Gasteiger partial charge >= 0.3 is 0 Å². The molecule has 0 aromatic heterocycles. The third-order valence-corrected chi connectivity index (χ3v) is 4.18. The quantitative estimate of drug-likeness (QED) is 0.498. The van der Waals surface area contributed by atoms with Crippen molar-refractivity contribution in [1.29, 1.82) is 0 Å². The predicted octanol–water partition coefficient (Wildman–Crippen LogP) is 1.13. The standard InChI is InChI=1S/C13H21FN2O4S/c1-19-8-9-20-7-3-2-6-16-21(17,18)13-5-4-11(15)10-12(13)14/h4-5,10,16H,2-3,6-9,15H2,1H3. The Labute approximate surface area is 124 Å². The Hall–Kier alpha value is -1.22. The SMILES string of the molecule is COCCOCCCCNS(=O)(=O)c1ccc(N)cc1F. The lowest BCUT2D eigenvalue weighted by Gasteiger charge is -2.08. The third kappa shape index (κ3) is 6.38. The second-order valence-electron chi connectivity index (χ2n) is 4.40. The second-order valence-corrected chi connectivity index (χ2v) is 6.14. The van der Waals surface area contributed by atoms with Crippen LogP contribution in [0.4, 0.5) is 10.1 Å². The van der Waals surface area contributed by atoms with E-state index in [1.807, 2.05) is 0 Å². The van der Waals surface area contributed by atoms with Crippen molar-refractivity contribution in [2.45, 2.75) is 17.7 Å². The number of nitrogens with one attached hydrogen (secondary N) is 1. The number of hydrogen-bond donors (Lipinski definition) is 2. The van der Waals surface area contributed by atoms with Gasteiger partial charge in [0.15, 0.2) is 0 Å². The Morgan fingerprint density at radius 3 is 2.67 bits per heavy atom. The summed E-state index contributed by atoms with van der Waals surface area (Å²) in [7, 11) is -2.26. The molecular weight excluding hydrogens is 299 g/mol. The highest BCUT2D eigenvalue weighted by atomic mass is 32.2. The first-order valence-electron chi connectivity index (χ1n) is 6.59. The molecule has 0 aliphatic rings. The molecule has 0 saturated carbocycles. The Bertz CT molecular complexity index is 537. The van der Waals surface area contributed by atoms with Gasteiger partial charge in [0, 0.05) is 25.9 Å². The van der Waals surface area contributed by atoms with Crippen LogP contribution in [0.15, 0.2) is 23.1 Å². The van der Waals surface area contributed by atoms with E-state index in [4.69, 9.17) is 15.2 Å². The average molecular weight is 320 g/mol. The Morgan fingerprint density at radius 1 is 1.24 bits per heavy atom. The minimum absolute atomic E-state index is 0.180. The number of halogens is 1. The maximum absolute atomic E-state index is 13.6. The average Bonchev–Trinajstić information content (AvgIpc) is 2.41. The summed E-state index contributed by atoms with van der Waals surface area (Å²) in [5.41, 5.74) is 5.56. The van der Waals surface area contributed by atoms with E-state index in [0.717, 1.165) is 12.1 Å². The molecule has 0 radical (unpaired) electrons. The summed E-state index contributed by atoms with van der Waals surface area (Å²) in [6.07, 6.45) is 1.30. The zero-order valence-corrected chi connectivity index (χ0v) is 12.8. The molecule has 0 amide bonds. The zero-order valence-electron chi connectivity index (χ0n) is 12.0. The molecule has 0 bridgehead atoms. The van der Waals surface area contributed by atoms with Gasteiger partial charge in [-0.25, -0.2) is 17.5 Å². The lowest BCUT2D eigenvalue weighted by atomic mass is 10.3. The monoisotopic (exact) mass is 320 g/mol. The largest absolute Gasteiger partial charge is 0.399 e. The van der Waals surface area contributed by atoms with Gasteiger partial charge in [0.25, 0.3) is 0 Å². The van der Waals surface area contributed by atoms with Gasteiger partial charge in [0.05, 0.1) is 13.2 Å². The fourth-order valence-electron chi connectivity index (χ4n) is 1.59. The molecule has 0 fully saturated rings. The summed E-state index contributed by atoms with van der Waals surface area (Å²) in [5, 5.41) is 0. The van der Waals surface area contributed by atoms with Crippen molar-refractivity contribution < 1.29 is 22.3 Å². The minimum atomic E-state index is -3.85. The molecule has 0 spiro atoms. The van der Waals surface area contributed by atoms with E-state index < -0.39 is 20.7 Å². The van der Waals surface area contributed by atoms with Gasteiger partial charge in [-0.2, -0.15) is 0 Å². The smallest absolute Gasteiger partial charge is 0.243 e. The normalized spacial score (nSPS) is 11.7. The number of hydrogen-bond acceptors (Lipinski definition) is 5. The number of ether oxygens (including phenoxy) is 2. The van der Waals surface area contributed by atoms with Crippen LogP contribution in [0.25, 0.3) is 0 Å². The van der Waals surface area contributed by atoms with Crippen molar-refractivity contribution in [3.8, 4) is 0 Å². The van der Waals surface area contributed by atoms with Gasteiger partial charge < -0.3 is 15.2 Å². The fraction of sp³-hybridized carbons (Fsp3) is 0.538. The van der Waals surface area contributed by atoms with Gasteiger partial charge in [0.2, 0.25) is 10.0 Å². The number of sulfonamides is 1. The van der Waals surface area contributed by atoms with Gasteiger partial charge in [-0.05, 0) is 31.0 Å². The molecule has 0 heterocycles. The summed E-state index contributed by atoms with van der Waals surface area (Å²) < 4.78 is 49.8. The topological polar surface area (TPSA) is 90.6 Å². The number of methoxy groups -OCH3 is 1. The maximum atomic E-state index is 13.6. The lowest BCUT2D eigenvalue weighted by molar-refractivity contribution is 0.0689. The molecule has 0 aliphatic carbocycles. The molecule has 0 atom stereocenters. The molecule has 21 heavy (non-hydrogen) atoms. The van der Waals surface area contributed by atoms with Crippen LogP contribution in [-0.2, 0) is 19.5 Å². The van der Waals surface area contributed by atoms with Gasteiger partial charge in [0.1, 0.15) is 10.7 Å². The number of unbranched alkanes of at least 4 members (excludes halogenated alkanes) is 1. The van der Waals surface area contributed by atoms with Crippen LogP contribution in [-0.4, -0.2) is 41.9 Å². The van der Waals surface area contributed by atoms with Crippen molar-refractivity contribution in [2.24, 2.45) is 0 Å². The Balaban J connectivity index is 2.33. The third-order valence-electron chi connectivity index (χ3n) is 2.68. The minimum Gasteiger partial charge on any atom is -0.399 e. The summed E-state index contributed by atoms with van der Waals surface area (Å²) in [5.74, 6) is -0.856. The summed E-state index contributed by atoms with van der Waals surface area (Å²) >= 11 is 0. The zero-order chi connectivity index (χ0) is 15.7. The second kappa shape index (κ2) is 8.93. The Kier molecular flexibility index (Phi) is 7.58. The lowest BCUT2D eigenvalue weighted by Crippen LogP contribution is -2.26. The molecular formula is C13H21FN2O4S. The van der Waals surface area contributed by atoms with E-state index in [0.29, 0.717) is 32.7 Å². The van der Waals surface area contributed by atoms with Crippen molar-refractivity contribution in [2.75, 3.05) is 39.2 Å². The van der Waals surface area contributed by atoms with Crippen LogP contribution in [0, 0.1) is 5.82 Å². The van der Waals surface area contributed by atoms with Crippen molar-refractivity contribution >= 4 is 15.7 Å². The van der Waals surface area contributed by atoms with E-state index in [1.165, 1.54) is 6.07 Å². The highest BCUT2D eigenvalue weighted by molar-refractivity contribution is 7.89. The van der Waals surface area contributed by atoms with Crippen LogP contribution in [0.1, 0.15) is 12.8 Å². The van der Waals surface area contributed by atoms with Crippen LogP contribution in [0.2, 0.25) is 0 Å². The molecule has 1 rings (SSSR count). The predicted molar refractivity (Wildman–Crippen MR) is 77.9 cm³/mol. The first kappa shape index (κ1) is 17.8. The summed E-state index contributed by atoms with van der Waals surface area (Å²) in [6.45, 7) is 1.79. The van der Waals surface area contributed by atoms with Gasteiger partial charge in [-0.15, -0.1) is 0 Å². The molecule has 0 saturated heterocycles. The van der Waals surface area contributed by atoms with Crippen LogP contribution >= 0.6 is 0 Å². The molecule has 3 N–H and O–H groups in total. The first-order valence-corrected chi connectivity index (χ1v) is 8.07. The van der Waals surface area contributed by atoms with E-state index >= 15 is 0 Å². The van der Waals surface area contributed by atoms with E-state index in [9.17, 15) is 12.8 Å². The number of nitrogens with two attached hydrogens (primary N) is 1. The fourth-order valence-corrected chi connectivity index (χ4v) is 2.72. The molecule has 1 aromatic rings. The number of nitrogen functional groups attached to an aromatic ring is 1. The van der Waals surface area contributed by atoms with Gasteiger partial charge in [-0.3, -0.25) is 0 Å². The van der Waals surface area contributed by atoms with E-state index in [2.05, 4.69) is 4.72 Å². The van der Waals surface area contributed by atoms with Crippen LogP contribution < -0.4 is 10.5 Å². The van der Waals surface area contributed by atoms with Crippen LogP contribution in [0.3, 0.4) is 0 Å². The van der Waals surface area contributed by atoms with E-state index in [1.54, 1.807) is 7.11 Å². The summed E-state index contributed by atoms with van der Waals surface area (Å²) in [4.78, 5) is -0.395. The highest BCUT2D eigenvalue weighted by Gasteiger charge is 2.18. The molecule has 6 nitrogen and oxygen atoms in total. The highest BCUT2D eigenvalue weighted by Crippen LogP contribution is 2.16. The molecule has 8 heteroatoms. The van der Waals surface area contributed by atoms with Crippen molar-refractivity contribution in [1.82, 2.24) is 4.72 Å². The number of rotatable bonds is 10. The summed E-state index contributed by atoms with van der Waals surface area (Å²) in [6, 6.07) is 3.49. The number of anilines is 1. The van der Waals surface area contributed by atoms with Crippen LogP contribution in [0.5, 0.6) is 0 Å². The Morgan fingerprint density at radius 2 is 2.00 bits per heavy atom. The van der Waals surface area contributed by atoms with Gasteiger partial charge in [-0.1, -0.05) is 0 Å². The molecule has 120 valence electrons. The molecule has 1 aromatic carbocycles. The maximum Gasteiger partial charge on any atom is 0.243 e. The van der Waals surface area contributed by atoms with Crippen molar-refractivity contribution in [3.63, 3.8) is 0 Å². The molecule has 0 aliphatic heterocycles.